The Labute approximate surface area is 141 Å². The van der Waals surface area contributed by atoms with E-state index in [9.17, 15) is 8.42 Å². The zero-order valence-electron chi connectivity index (χ0n) is 13.6. The molecule has 4 rings (SSSR count). The Morgan fingerprint density at radius 3 is 2.67 bits per heavy atom. The monoisotopic (exact) mass is 345 g/mol. The van der Waals surface area contributed by atoms with Gasteiger partial charge in [0, 0.05) is 24.2 Å². The minimum atomic E-state index is -3.55. The highest BCUT2D eigenvalue weighted by Crippen LogP contribution is 2.46. The molecule has 1 aromatic carbocycles. The Kier molecular flexibility index (Phi) is 3.58. The summed E-state index contributed by atoms with van der Waals surface area (Å²) in [5.41, 5.74) is 1.95. The van der Waals surface area contributed by atoms with Gasteiger partial charge in [-0.2, -0.15) is 4.31 Å². The summed E-state index contributed by atoms with van der Waals surface area (Å²) in [4.78, 5) is 9.09. The van der Waals surface area contributed by atoms with Gasteiger partial charge >= 0.3 is 0 Å². The first-order valence-corrected chi connectivity index (χ1v) is 9.44. The van der Waals surface area contributed by atoms with E-state index in [-0.39, 0.29) is 12.1 Å². The van der Waals surface area contributed by atoms with E-state index in [0.29, 0.717) is 17.1 Å². The molecular weight excluding hydrogens is 326 g/mol. The van der Waals surface area contributed by atoms with E-state index < -0.39 is 10.0 Å². The van der Waals surface area contributed by atoms with Gasteiger partial charge in [-0.1, -0.05) is 0 Å². The van der Waals surface area contributed by atoms with Gasteiger partial charge in [0.05, 0.1) is 23.7 Å². The maximum absolute atomic E-state index is 13.2. The van der Waals surface area contributed by atoms with E-state index in [0.717, 1.165) is 29.9 Å². The van der Waals surface area contributed by atoms with Crippen LogP contribution in [0.3, 0.4) is 0 Å². The quantitative estimate of drug-likeness (QED) is 0.853. The van der Waals surface area contributed by atoms with Crippen LogP contribution in [0.1, 0.15) is 36.0 Å². The second-order valence-corrected chi connectivity index (χ2v) is 8.12. The van der Waals surface area contributed by atoms with Crippen molar-refractivity contribution in [3.63, 3.8) is 0 Å². The molecule has 1 saturated heterocycles. The fourth-order valence-corrected chi connectivity index (χ4v) is 5.62. The third kappa shape index (κ3) is 2.31. The highest BCUT2D eigenvalue weighted by Gasteiger charge is 2.47. The van der Waals surface area contributed by atoms with Crippen molar-refractivity contribution in [1.82, 2.24) is 14.3 Å². The normalized spacial score (nSPS) is 23.1. The molecule has 0 spiro atoms. The number of fused-ring (bicyclic) bond motifs is 4. The first-order chi connectivity index (χ1) is 11.5. The lowest BCUT2D eigenvalue weighted by molar-refractivity contribution is 0.300. The summed E-state index contributed by atoms with van der Waals surface area (Å²) in [5, 5.41) is 0. The predicted octanol–water partition coefficient (Wildman–Crippen LogP) is 2.24. The number of nitrogens with zero attached hydrogens (tertiary/aromatic N) is 3. The lowest BCUT2D eigenvalue weighted by Gasteiger charge is -2.34. The van der Waals surface area contributed by atoms with Crippen LogP contribution >= 0.6 is 0 Å². The van der Waals surface area contributed by atoms with Crippen LogP contribution < -0.4 is 4.74 Å². The van der Waals surface area contributed by atoms with Crippen LogP contribution in [0.25, 0.3) is 0 Å². The Balaban J connectivity index is 1.75. The molecule has 0 N–H and O–H groups in total. The average molecular weight is 345 g/mol. The summed E-state index contributed by atoms with van der Waals surface area (Å²) in [7, 11) is -1.99. The molecule has 2 aliphatic heterocycles. The van der Waals surface area contributed by atoms with E-state index in [1.54, 1.807) is 41.9 Å². The molecule has 2 bridgehead atoms. The zero-order valence-corrected chi connectivity index (χ0v) is 14.5. The molecule has 0 saturated carbocycles. The van der Waals surface area contributed by atoms with Crippen LogP contribution in [0.15, 0.2) is 35.4 Å². The smallest absolute Gasteiger partial charge is 0.243 e. The first kappa shape index (κ1) is 15.5. The summed E-state index contributed by atoms with van der Waals surface area (Å²) >= 11 is 0. The van der Waals surface area contributed by atoms with Crippen LogP contribution in [0.5, 0.6) is 5.75 Å². The van der Waals surface area contributed by atoms with Gasteiger partial charge in [-0.25, -0.2) is 18.4 Å². The van der Waals surface area contributed by atoms with Crippen LogP contribution in [0, 0.1) is 6.92 Å². The summed E-state index contributed by atoms with van der Waals surface area (Å²) in [6, 6.07) is 6.39. The molecule has 0 amide bonds. The average Bonchev–Trinajstić information content (AvgIpc) is 2.91. The minimum absolute atomic E-state index is 0.0242. The number of rotatable bonds is 3. The van der Waals surface area contributed by atoms with Crippen LogP contribution in [0.2, 0.25) is 0 Å². The number of ether oxygens (including phenoxy) is 1. The van der Waals surface area contributed by atoms with E-state index >= 15 is 0 Å². The Bertz CT molecular complexity index is 880. The molecule has 2 aliphatic rings. The highest BCUT2D eigenvalue weighted by molar-refractivity contribution is 7.89. The zero-order chi connectivity index (χ0) is 16.9. The van der Waals surface area contributed by atoms with E-state index in [1.165, 1.54) is 0 Å². The molecule has 3 heterocycles. The molecule has 2 atom stereocenters. The number of aromatic nitrogens is 2. The molecule has 24 heavy (non-hydrogen) atoms. The number of aryl methyl sites for hydroxylation is 1. The van der Waals surface area contributed by atoms with Crippen molar-refractivity contribution in [3.05, 3.63) is 47.5 Å². The summed E-state index contributed by atoms with van der Waals surface area (Å²) in [6.07, 6.45) is 4.12. The summed E-state index contributed by atoms with van der Waals surface area (Å²) < 4.78 is 33.1. The largest absolute Gasteiger partial charge is 0.497 e. The van der Waals surface area contributed by atoms with Gasteiger partial charge in [0.2, 0.25) is 10.0 Å². The highest BCUT2D eigenvalue weighted by atomic mass is 32.2. The Morgan fingerprint density at radius 1 is 1.21 bits per heavy atom. The lowest BCUT2D eigenvalue weighted by Crippen LogP contribution is -2.42. The lowest BCUT2D eigenvalue weighted by atomic mass is 10.0. The fraction of sp³-hybridized carbons (Fsp3) is 0.412. The number of hydrogen-bond donors (Lipinski definition) is 0. The van der Waals surface area contributed by atoms with E-state index in [1.807, 2.05) is 6.92 Å². The second kappa shape index (κ2) is 5.53. The molecule has 126 valence electrons. The van der Waals surface area contributed by atoms with Gasteiger partial charge in [-0.3, -0.25) is 0 Å². The maximum atomic E-state index is 13.2. The summed E-state index contributed by atoms with van der Waals surface area (Å²) in [6.45, 7) is 1.86. The van der Waals surface area contributed by atoms with Crippen molar-refractivity contribution in [2.75, 3.05) is 7.11 Å². The van der Waals surface area contributed by atoms with E-state index in [4.69, 9.17) is 4.74 Å². The molecule has 2 aromatic rings. The Morgan fingerprint density at radius 2 is 1.96 bits per heavy atom. The third-order valence-electron chi connectivity index (χ3n) is 4.88. The third-order valence-corrected chi connectivity index (χ3v) is 6.86. The van der Waals surface area contributed by atoms with Crippen LogP contribution in [-0.2, 0) is 16.4 Å². The van der Waals surface area contributed by atoms with Crippen molar-refractivity contribution in [1.29, 1.82) is 0 Å². The fourth-order valence-electron chi connectivity index (χ4n) is 3.77. The number of methoxy groups -OCH3 is 1. The number of hydrogen-bond acceptors (Lipinski definition) is 5. The van der Waals surface area contributed by atoms with Crippen molar-refractivity contribution >= 4 is 10.0 Å². The molecule has 7 heteroatoms. The Hall–Kier alpha value is -1.99. The van der Waals surface area contributed by atoms with Crippen LogP contribution in [-0.4, -0.2) is 35.8 Å². The standard InChI is InChI=1S/C17H19N3O3S/c1-11-18-10-15-16(19-11)9-12-3-8-17(15)20(12)24(21,22)14-6-4-13(23-2)5-7-14/h4-7,10,12,17H,3,8-9H2,1-2H3/t12-,17+/m0/s1. The SMILES string of the molecule is COc1ccc(S(=O)(=O)N2[C@H]3CC[C@@H]2c2cnc(C)nc2C3)cc1. The molecular formula is C17H19N3O3S. The molecule has 0 aliphatic carbocycles. The van der Waals surface area contributed by atoms with Gasteiger partial charge in [0.25, 0.3) is 0 Å². The molecule has 6 nitrogen and oxygen atoms in total. The van der Waals surface area contributed by atoms with Crippen LogP contribution in [0.4, 0.5) is 0 Å². The molecule has 1 aromatic heterocycles. The topological polar surface area (TPSA) is 72.4 Å². The first-order valence-electron chi connectivity index (χ1n) is 8.00. The number of benzene rings is 1. The summed E-state index contributed by atoms with van der Waals surface area (Å²) in [5.74, 6) is 1.38. The van der Waals surface area contributed by atoms with Crippen molar-refractivity contribution in [2.24, 2.45) is 0 Å². The minimum Gasteiger partial charge on any atom is -0.497 e. The maximum Gasteiger partial charge on any atom is 0.243 e. The molecule has 0 unspecified atom stereocenters. The van der Waals surface area contributed by atoms with Crippen molar-refractivity contribution < 1.29 is 13.2 Å². The van der Waals surface area contributed by atoms with E-state index in [2.05, 4.69) is 9.97 Å². The van der Waals surface area contributed by atoms with Crippen molar-refractivity contribution in [2.45, 2.75) is 43.2 Å². The van der Waals surface area contributed by atoms with Gasteiger partial charge < -0.3 is 4.74 Å². The van der Waals surface area contributed by atoms with Gasteiger partial charge in [-0.05, 0) is 44.0 Å². The molecule has 1 fully saturated rings. The second-order valence-electron chi connectivity index (χ2n) is 6.28. The van der Waals surface area contributed by atoms with Crippen molar-refractivity contribution in [3.8, 4) is 5.75 Å². The molecule has 0 radical (unpaired) electrons. The predicted molar refractivity (Wildman–Crippen MR) is 88.3 cm³/mol. The number of sulfonamides is 1. The van der Waals surface area contributed by atoms with Gasteiger partial charge in [0.1, 0.15) is 11.6 Å². The van der Waals surface area contributed by atoms with Gasteiger partial charge in [-0.15, -0.1) is 0 Å². The van der Waals surface area contributed by atoms with Gasteiger partial charge in [0.15, 0.2) is 0 Å².